The Balaban J connectivity index is 1.22. The summed E-state index contributed by atoms with van der Waals surface area (Å²) in [6.45, 7) is 0.415. The van der Waals surface area contributed by atoms with Crippen molar-refractivity contribution >= 4 is 17.5 Å². The van der Waals surface area contributed by atoms with E-state index >= 15 is 0 Å². The van der Waals surface area contributed by atoms with Crippen LogP contribution in [0.5, 0.6) is 5.75 Å². The molecule has 0 aromatic heterocycles. The van der Waals surface area contributed by atoms with Gasteiger partial charge in [-0.25, -0.2) is 0 Å². The molecule has 3 nitrogen and oxygen atoms in total. The minimum atomic E-state index is 0.0467. The van der Waals surface area contributed by atoms with Gasteiger partial charge in [0.2, 0.25) is 0 Å². The molecule has 0 saturated heterocycles. The highest BCUT2D eigenvalue weighted by atomic mass is 35.5. The first-order chi connectivity index (χ1) is 13.6. The van der Waals surface area contributed by atoms with Crippen molar-refractivity contribution in [2.45, 2.75) is 50.7 Å². The van der Waals surface area contributed by atoms with Crippen LogP contribution in [0.4, 0.5) is 0 Å². The molecule has 4 fully saturated rings. The van der Waals surface area contributed by atoms with Crippen LogP contribution in [-0.4, -0.2) is 11.4 Å². The second kappa shape index (κ2) is 7.11. The van der Waals surface area contributed by atoms with Crippen LogP contribution in [0.25, 0.3) is 0 Å². The Morgan fingerprint density at radius 2 is 1.57 bits per heavy atom. The molecule has 2 aromatic rings. The van der Waals surface area contributed by atoms with Crippen LogP contribution in [0.1, 0.15) is 54.4 Å². The van der Waals surface area contributed by atoms with Crippen LogP contribution >= 0.6 is 11.6 Å². The average Bonchev–Trinajstić information content (AvgIpc) is 2.66. The highest BCUT2D eigenvalue weighted by Crippen LogP contribution is 2.55. The molecule has 0 unspecified atom stereocenters. The van der Waals surface area contributed by atoms with Crippen LogP contribution in [0, 0.1) is 17.8 Å². The highest BCUT2D eigenvalue weighted by molar-refractivity contribution is 6.31. The number of ether oxygens (including phenoxy) is 1. The predicted molar refractivity (Wildman–Crippen MR) is 111 cm³/mol. The van der Waals surface area contributed by atoms with Crippen molar-refractivity contribution in [2.24, 2.45) is 17.8 Å². The van der Waals surface area contributed by atoms with E-state index in [2.05, 4.69) is 5.32 Å². The van der Waals surface area contributed by atoms with Gasteiger partial charge in [0.15, 0.2) is 0 Å². The molecule has 1 N–H and O–H groups in total. The summed E-state index contributed by atoms with van der Waals surface area (Å²) in [4.78, 5) is 12.9. The van der Waals surface area contributed by atoms with Crippen molar-refractivity contribution < 1.29 is 9.53 Å². The second-order valence-corrected chi connectivity index (χ2v) is 9.46. The topological polar surface area (TPSA) is 38.3 Å². The Morgan fingerprint density at radius 3 is 2.18 bits per heavy atom. The molecule has 4 aliphatic carbocycles. The average molecular weight is 396 g/mol. The molecule has 4 bridgehead atoms. The molecule has 1 amide bonds. The van der Waals surface area contributed by atoms with E-state index in [1.807, 2.05) is 48.5 Å². The van der Waals surface area contributed by atoms with Gasteiger partial charge in [-0.15, -0.1) is 0 Å². The molecule has 0 radical (unpaired) electrons. The molecule has 0 spiro atoms. The summed E-state index contributed by atoms with van der Waals surface area (Å²) < 4.78 is 5.83. The predicted octanol–water partition coefficient (Wildman–Crippen LogP) is 5.62. The number of rotatable bonds is 5. The van der Waals surface area contributed by atoms with Crippen LogP contribution in [-0.2, 0) is 6.61 Å². The smallest absolute Gasteiger partial charge is 0.251 e. The Kier molecular flexibility index (Phi) is 4.59. The van der Waals surface area contributed by atoms with Crippen molar-refractivity contribution in [2.75, 3.05) is 0 Å². The van der Waals surface area contributed by atoms with Crippen LogP contribution in [0.15, 0.2) is 48.5 Å². The highest BCUT2D eigenvalue weighted by Gasteiger charge is 2.51. The van der Waals surface area contributed by atoms with Crippen LogP contribution < -0.4 is 10.1 Å². The molecule has 0 atom stereocenters. The SMILES string of the molecule is O=C(NC12CC3CC(CC(C3)C1)C2)c1ccc(OCc2ccccc2Cl)cc1. The quantitative estimate of drug-likeness (QED) is 0.713. The molecule has 0 heterocycles. The zero-order chi connectivity index (χ0) is 19.1. The second-order valence-electron chi connectivity index (χ2n) is 9.06. The van der Waals surface area contributed by atoms with Gasteiger partial charge in [0.1, 0.15) is 12.4 Å². The van der Waals surface area contributed by atoms with Crippen molar-refractivity contribution in [1.82, 2.24) is 5.32 Å². The van der Waals surface area contributed by atoms with Gasteiger partial charge in [-0.05, 0) is 86.6 Å². The summed E-state index contributed by atoms with van der Waals surface area (Å²) in [6.07, 6.45) is 7.66. The lowest BCUT2D eigenvalue weighted by atomic mass is 9.53. The first kappa shape index (κ1) is 18.1. The first-order valence-corrected chi connectivity index (χ1v) is 10.8. The minimum Gasteiger partial charge on any atom is -0.489 e. The van der Waals surface area contributed by atoms with E-state index in [4.69, 9.17) is 16.3 Å². The van der Waals surface area contributed by atoms with Crippen molar-refractivity contribution in [3.63, 3.8) is 0 Å². The van der Waals surface area contributed by atoms with Gasteiger partial charge in [-0.2, -0.15) is 0 Å². The van der Waals surface area contributed by atoms with Crippen LogP contribution in [0.2, 0.25) is 5.02 Å². The number of carbonyl (C=O) groups excluding carboxylic acids is 1. The number of carbonyl (C=O) groups is 1. The zero-order valence-electron chi connectivity index (χ0n) is 16.0. The number of benzene rings is 2. The maximum Gasteiger partial charge on any atom is 0.251 e. The Morgan fingerprint density at radius 1 is 0.964 bits per heavy atom. The number of nitrogens with one attached hydrogen (secondary N) is 1. The molecular formula is C24H26ClNO2. The molecule has 2 aromatic carbocycles. The van der Waals surface area contributed by atoms with Crippen molar-refractivity contribution in [3.05, 3.63) is 64.7 Å². The van der Waals surface area contributed by atoms with Crippen molar-refractivity contribution in [1.29, 1.82) is 0 Å². The van der Waals surface area contributed by atoms with E-state index in [9.17, 15) is 4.79 Å². The van der Waals surface area contributed by atoms with Gasteiger partial charge < -0.3 is 10.1 Å². The largest absolute Gasteiger partial charge is 0.489 e. The number of hydrogen-bond acceptors (Lipinski definition) is 2. The number of hydrogen-bond donors (Lipinski definition) is 1. The molecule has 146 valence electrons. The van der Waals surface area contributed by atoms with Gasteiger partial charge in [-0.1, -0.05) is 29.8 Å². The Hall–Kier alpha value is -2.00. The maximum atomic E-state index is 12.9. The van der Waals surface area contributed by atoms with Crippen molar-refractivity contribution in [3.8, 4) is 5.75 Å². The van der Waals surface area contributed by atoms with Gasteiger partial charge >= 0.3 is 0 Å². The lowest BCUT2D eigenvalue weighted by molar-refractivity contribution is -0.0167. The molecule has 0 aliphatic heterocycles. The van der Waals surface area contributed by atoms with Gasteiger partial charge in [-0.3, -0.25) is 4.79 Å². The molecule has 4 heteroatoms. The van der Waals surface area contributed by atoms with E-state index < -0.39 is 0 Å². The molecule has 4 aliphatic rings. The van der Waals surface area contributed by atoms with E-state index in [1.54, 1.807) is 0 Å². The molecular weight excluding hydrogens is 370 g/mol. The lowest BCUT2D eigenvalue weighted by Gasteiger charge is -2.56. The number of halogens is 1. The maximum absolute atomic E-state index is 12.9. The Labute approximate surface area is 171 Å². The summed E-state index contributed by atoms with van der Waals surface area (Å²) in [5.41, 5.74) is 1.71. The zero-order valence-corrected chi connectivity index (χ0v) is 16.8. The summed E-state index contributed by atoms with van der Waals surface area (Å²) >= 11 is 6.17. The van der Waals surface area contributed by atoms with E-state index in [-0.39, 0.29) is 11.4 Å². The monoisotopic (exact) mass is 395 g/mol. The normalized spacial score (nSPS) is 30.2. The number of amides is 1. The summed E-state index contributed by atoms with van der Waals surface area (Å²) in [5.74, 6) is 3.28. The fourth-order valence-corrected chi connectivity index (χ4v) is 6.25. The summed E-state index contributed by atoms with van der Waals surface area (Å²) in [6, 6.07) is 15.1. The molecule has 6 rings (SSSR count). The van der Waals surface area contributed by atoms with Gasteiger partial charge in [0.25, 0.3) is 5.91 Å². The molecule has 4 saturated carbocycles. The Bertz CT molecular complexity index is 841. The van der Waals surface area contributed by atoms with E-state index in [0.717, 1.165) is 29.1 Å². The van der Waals surface area contributed by atoms with E-state index in [0.29, 0.717) is 17.2 Å². The first-order valence-electron chi connectivity index (χ1n) is 10.4. The summed E-state index contributed by atoms with van der Waals surface area (Å²) in [7, 11) is 0. The molecule has 28 heavy (non-hydrogen) atoms. The standard InChI is InChI=1S/C24H26ClNO2/c25-22-4-2-1-3-20(22)15-28-21-7-5-19(6-8-21)23(27)26-24-12-16-9-17(13-24)11-18(10-16)14-24/h1-8,16-18H,9-15H2,(H,26,27). The third-order valence-electron chi connectivity index (χ3n) is 6.89. The van der Waals surface area contributed by atoms with E-state index in [1.165, 1.54) is 38.5 Å². The third-order valence-corrected chi connectivity index (χ3v) is 7.25. The van der Waals surface area contributed by atoms with Gasteiger partial charge in [0, 0.05) is 21.7 Å². The minimum absolute atomic E-state index is 0.0467. The van der Waals surface area contributed by atoms with Crippen LogP contribution in [0.3, 0.4) is 0 Å². The third kappa shape index (κ3) is 3.53. The fraction of sp³-hybridized carbons (Fsp3) is 0.458. The summed E-state index contributed by atoms with van der Waals surface area (Å²) in [5, 5.41) is 4.13. The van der Waals surface area contributed by atoms with Gasteiger partial charge in [0.05, 0.1) is 0 Å². The fourth-order valence-electron chi connectivity index (χ4n) is 6.06. The lowest BCUT2D eigenvalue weighted by Crippen LogP contribution is -2.59.